The van der Waals surface area contributed by atoms with Gasteiger partial charge in [-0.05, 0) is 24.3 Å². The van der Waals surface area contributed by atoms with Gasteiger partial charge < -0.3 is 19.7 Å². The number of esters is 1. The highest BCUT2D eigenvalue weighted by molar-refractivity contribution is 6.32. The summed E-state index contributed by atoms with van der Waals surface area (Å²) in [4.78, 5) is 12.6. The number of ether oxygens (including phenoxy) is 2. The molecule has 0 fully saturated rings. The summed E-state index contributed by atoms with van der Waals surface area (Å²) in [7, 11) is 0. The van der Waals surface area contributed by atoms with Gasteiger partial charge in [-0.25, -0.2) is 4.79 Å². The fraction of sp³-hybridized carbons (Fsp3) is 0.0500. The summed E-state index contributed by atoms with van der Waals surface area (Å²) in [6, 6.07) is 13.5. The van der Waals surface area contributed by atoms with Gasteiger partial charge in [0.05, 0.1) is 15.6 Å². The van der Waals surface area contributed by atoms with Gasteiger partial charge in [-0.2, -0.15) is 0 Å². The minimum atomic E-state index is -1.38. The van der Waals surface area contributed by atoms with E-state index in [4.69, 9.17) is 32.7 Å². The van der Waals surface area contributed by atoms with Gasteiger partial charge in [0, 0.05) is 28.8 Å². The van der Waals surface area contributed by atoms with Crippen molar-refractivity contribution >= 4 is 29.2 Å². The maximum Gasteiger partial charge on any atom is 0.340 e. The third kappa shape index (κ3) is 2.04. The molecule has 5 rings (SSSR count). The number of carbonyl (C=O) groups is 1. The Kier molecular flexibility index (Phi) is 3.21. The Morgan fingerprint density at radius 2 is 1.52 bits per heavy atom. The van der Waals surface area contributed by atoms with E-state index in [0.717, 1.165) is 0 Å². The van der Waals surface area contributed by atoms with E-state index in [1.807, 2.05) is 0 Å². The van der Waals surface area contributed by atoms with E-state index in [9.17, 15) is 15.0 Å². The topological polar surface area (TPSA) is 76.0 Å². The first-order valence-electron chi connectivity index (χ1n) is 7.89. The molecule has 2 aliphatic rings. The average molecular weight is 400 g/mol. The number of hydrogen-bond donors (Lipinski definition) is 2. The van der Waals surface area contributed by atoms with Crippen LogP contribution < -0.4 is 4.74 Å². The van der Waals surface area contributed by atoms with Crippen LogP contribution in [0, 0.1) is 6.07 Å². The summed E-state index contributed by atoms with van der Waals surface area (Å²) in [5, 5.41) is 20.2. The van der Waals surface area contributed by atoms with Crippen LogP contribution in [0.4, 0.5) is 0 Å². The fourth-order valence-electron chi connectivity index (χ4n) is 3.62. The van der Waals surface area contributed by atoms with Gasteiger partial charge in [0.15, 0.2) is 5.60 Å². The predicted molar refractivity (Wildman–Crippen MR) is 96.9 cm³/mol. The van der Waals surface area contributed by atoms with Gasteiger partial charge in [-0.15, -0.1) is 0 Å². The number of benzene rings is 3. The van der Waals surface area contributed by atoms with E-state index < -0.39 is 11.6 Å². The smallest absolute Gasteiger partial charge is 0.340 e. The first-order valence-corrected chi connectivity index (χ1v) is 8.65. The highest BCUT2D eigenvalue weighted by atomic mass is 35.5. The van der Waals surface area contributed by atoms with Crippen molar-refractivity contribution in [2.24, 2.45) is 0 Å². The maximum absolute atomic E-state index is 12.6. The van der Waals surface area contributed by atoms with Crippen LogP contribution in [0.3, 0.4) is 0 Å². The van der Waals surface area contributed by atoms with Crippen LogP contribution in [0.5, 0.6) is 23.0 Å². The summed E-state index contributed by atoms with van der Waals surface area (Å²) in [5.74, 6) is -0.399. The zero-order valence-corrected chi connectivity index (χ0v) is 14.9. The zero-order valence-electron chi connectivity index (χ0n) is 13.4. The van der Waals surface area contributed by atoms with Crippen molar-refractivity contribution in [2.75, 3.05) is 0 Å². The summed E-state index contributed by atoms with van der Waals surface area (Å²) in [6.07, 6.45) is 0. The molecular formula is C20H9Cl2O5. The number of hydrogen-bond acceptors (Lipinski definition) is 5. The minimum absolute atomic E-state index is 0.0806. The molecule has 0 aromatic heterocycles. The Balaban J connectivity index is 1.94. The van der Waals surface area contributed by atoms with Crippen LogP contribution in [0.2, 0.25) is 10.0 Å². The van der Waals surface area contributed by atoms with Crippen molar-refractivity contribution in [3.05, 3.63) is 80.8 Å². The van der Waals surface area contributed by atoms with Crippen molar-refractivity contribution < 1.29 is 24.5 Å². The number of carbonyl (C=O) groups excluding carboxylic acids is 1. The first-order chi connectivity index (χ1) is 12.9. The number of aromatic hydroxyl groups is 2. The van der Waals surface area contributed by atoms with Crippen molar-refractivity contribution in [1.29, 1.82) is 0 Å². The van der Waals surface area contributed by atoms with Crippen molar-refractivity contribution in [3.63, 3.8) is 0 Å². The molecule has 3 aromatic rings. The van der Waals surface area contributed by atoms with Crippen LogP contribution >= 0.6 is 23.2 Å². The number of phenolic OH excluding ortho intramolecular Hbond substituents is 2. The number of rotatable bonds is 0. The monoisotopic (exact) mass is 399 g/mol. The molecule has 0 saturated heterocycles. The second-order valence-corrected chi connectivity index (χ2v) is 7.06. The highest BCUT2D eigenvalue weighted by Gasteiger charge is 2.54. The van der Waals surface area contributed by atoms with Crippen LogP contribution in [0.25, 0.3) is 0 Å². The number of fused-ring (bicyclic) bond motifs is 6. The van der Waals surface area contributed by atoms with E-state index in [2.05, 4.69) is 6.07 Å². The first kappa shape index (κ1) is 16.3. The Morgan fingerprint density at radius 1 is 0.926 bits per heavy atom. The molecule has 2 aliphatic heterocycles. The van der Waals surface area contributed by atoms with Crippen molar-refractivity contribution in [2.45, 2.75) is 5.60 Å². The predicted octanol–water partition coefficient (Wildman–Crippen LogP) is 4.77. The molecule has 0 atom stereocenters. The standard InChI is InChI=1S/C20H9Cl2O5/c21-13-5-11-17(7-15(13)23)26-18-8-16(24)14(22)6-12(18)20(11)10-4-2-1-3-9(10)19(25)27-20/h2-8,23-24H. The second-order valence-electron chi connectivity index (χ2n) is 6.24. The number of phenols is 2. The van der Waals surface area contributed by atoms with Crippen LogP contribution in [-0.4, -0.2) is 16.2 Å². The Hall–Kier alpha value is -2.89. The largest absolute Gasteiger partial charge is 0.506 e. The van der Waals surface area contributed by atoms with Gasteiger partial charge in [-0.1, -0.05) is 35.3 Å². The van der Waals surface area contributed by atoms with Crippen LogP contribution in [0.1, 0.15) is 27.0 Å². The van der Waals surface area contributed by atoms with Gasteiger partial charge in [0.2, 0.25) is 0 Å². The molecule has 27 heavy (non-hydrogen) atoms. The summed E-state index contributed by atoms with van der Waals surface area (Å²) < 4.78 is 11.7. The molecule has 1 radical (unpaired) electrons. The van der Waals surface area contributed by atoms with Crippen molar-refractivity contribution in [1.82, 2.24) is 0 Å². The Bertz CT molecular complexity index is 1100. The normalized spacial score (nSPS) is 15.6. The van der Waals surface area contributed by atoms with Gasteiger partial charge in [-0.3, -0.25) is 0 Å². The molecule has 5 nitrogen and oxygen atoms in total. The summed E-state index contributed by atoms with van der Waals surface area (Å²) in [6.45, 7) is 0. The average Bonchev–Trinajstić information content (AvgIpc) is 2.93. The molecule has 1 spiro atoms. The summed E-state index contributed by atoms with van der Waals surface area (Å²) >= 11 is 12.3. The lowest BCUT2D eigenvalue weighted by Gasteiger charge is -2.36. The SMILES string of the molecule is O=C1OC2(c3cc(Cl)c(O)cc3Oc3cc(O)c(Cl)cc32)c2cc[c]cc21. The second kappa shape index (κ2) is 5.31. The van der Waals surface area contributed by atoms with E-state index in [1.54, 1.807) is 18.2 Å². The molecule has 3 aromatic carbocycles. The van der Waals surface area contributed by atoms with E-state index in [1.165, 1.54) is 24.3 Å². The fourth-order valence-corrected chi connectivity index (χ4v) is 3.95. The molecule has 0 aliphatic carbocycles. The molecule has 0 unspecified atom stereocenters. The highest BCUT2D eigenvalue weighted by Crippen LogP contribution is 2.58. The zero-order chi connectivity index (χ0) is 18.9. The van der Waals surface area contributed by atoms with E-state index in [0.29, 0.717) is 22.3 Å². The molecule has 133 valence electrons. The number of halogens is 2. The van der Waals surface area contributed by atoms with Gasteiger partial charge in [0.25, 0.3) is 0 Å². The third-order valence-corrected chi connectivity index (χ3v) is 5.39. The molecular weight excluding hydrogens is 391 g/mol. The third-order valence-electron chi connectivity index (χ3n) is 4.79. The van der Waals surface area contributed by atoms with E-state index >= 15 is 0 Å². The van der Waals surface area contributed by atoms with Gasteiger partial charge >= 0.3 is 5.97 Å². The van der Waals surface area contributed by atoms with E-state index in [-0.39, 0.29) is 33.0 Å². The van der Waals surface area contributed by atoms with Crippen LogP contribution in [-0.2, 0) is 10.3 Å². The lowest BCUT2D eigenvalue weighted by atomic mass is 9.77. The minimum Gasteiger partial charge on any atom is -0.506 e. The van der Waals surface area contributed by atoms with Crippen LogP contribution in [0.15, 0.2) is 42.5 Å². The Morgan fingerprint density at radius 3 is 2.11 bits per heavy atom. The molecule has 0 bridgehead atoms. The molecule has 2 heterocycles. The van der Waals surface area contributed by atoms with Gasteiger partial charge in [0.1, 0.15) is 23.0 Å². The molecule has 2 N–H and O–H groups in total. The quantitative estimate of drug-likeness (QED) is 0.532. The maximum atomic E-state index is 12.6. The lowest BCUT2D eigenvalue weighted by molar-refractivity contribution is 0.0224. The van der Waals surface area contributed by atoms with Crippen molar-refractivity contribution in [3.8, 4) is 23.0 Å². The molecule has 7 heteroatoms. The lowest BCUT2D eigenvalue weighted by Crippen LogP contribution is -2.33. The molecule has 0 saturated carbocycles. The molecule has 0 amide bonds. The summed E-state index contributed by atoms with van der Waals surface area (Å²) in [5.41, 5.74) is 0.431. The Labute approximate surface area is 163 Å².